The molecule has 0 amide bonds. The van der Waals surface area contributed by atoms with Crippen LogP contribution >= 0.6 is 27.5 Å². The summed E-state index contributed by atoms with van der Waals surface area (Å²) in [7, 11) is 0. The normalized spacial score (nSPS) is 15.9. The summed E-state index contributed by atoms with van der Waals surface area (Å²) in [6.07, 6.45) is 1.01. The van der Waals surface area contributed by atoms with Crippen molar-refractivity contribution in [2.24, 2.45) is 0 Å². The highest BCUT2D eigenvalue weighted by Crippen LogP contribution is 2.33. The van der Waals surface area contributed by atoms with Gasteiger partial charge in [-0.3, -0.25) is 9.58 Å². The standard InChI is InChI=1S/C22H23BrClN5O/c23-20-21(16-4-2-1-3-5-16)29(26-22(20)25)14-19(15-30)28-12-10-27(11-13-28)18-8-6-17(24)7-9-18/h1-9,15,19H,10-14H2,(H2,25,26). The predicted octanol–water partition coefficient (Wildman–Crippen LogP) is 3.94. The van der Waals surface area contributed by atoms with Gasteiger partial charge in [0.25, 0.3) is 0 Å². The van der Waals surface area contributed by atoms with Crippen LogP contribution in [0.4, 0.5) is 11.5 Å². The van der Waals surface area contributed by atoms with Crippen molar-refractivity contribution in [2.45, 2.75) is 12.6 Å². The van der Waals surface area contributed by atoms with Crippen LogP contribution in [0.3, 0.4) is 0 Å². The van der Waals surface area contributed by atoms with E-state index < -0.39 is 0 Å². The Balaban J connectivity index is 1.48. The number of aldehydes is 1. The van der Waals surface area contributed by atoms with Crippen molar-refractivity contribution in [2.75, 3.05) is 36.8 Å². The van der Waals surface area contributed by atoms with Gasteiger partial charge in [-0.05, 0) is 40.2 Å². The molecule has 0 spiro atoms. The third-order valence-corrected chi connectivity index (χ3v) is 6.49. The summed E-state index contributed by atoms with van der Waals surface area (Å²) in [6, 6.07) is 17.5. The zero-order valence-electron chi connectivity index (χ0n) is 16.4. The van der Waals surface area contributed by atoms with E-state index >= 15 is 0 Å². The zero-order valence-corrected chi connectivity index (χ0v) is 18.8. The lowest BCUT2D eigenvalue weighted by Gasteiger charge is -2.38. The average Bonchev–Trinajstić information content (AvgIpc) is 3.06. The number of nitrogens with zero attached hydrogens (tertiary/aromatic N) is 4. The predicted molar refractivity (Wildman–Crippen MR) is 125 cm³/mol. The SMILES string of the molecule is Nc1nn(CC(C=O)N2CCN(c3ccc(Cl)cc3)CC2)c(-c2ccccc2)c1Br. The Labute approximate surface area is 189 Å². The van der Waals surface area contributed by atoms with Crippen LogP contribution in [-0.4, -0.2) is 53.2 Å². The molecule has 2 N–H and O–H groups in total. The molecule has 8 heteroatoms. The molecule has 1 aliphatic rings. The average molecular weight is 489 g/mol. The fourth-order valence-electron chi connectivity index (χ4n) is 3.85. The monoisotopic (exact) mass is 487 g/mol. The van der Waals surface area contributed by atoms with Gasteiger partial charge in [0.1, 0.15) is 6.29 Å². The van der Waals surface area contributed by atoms with Crippen molar-refractivity contribution in [1.29, 1.82) is 0 Å². The number of carbonyl (C=O) groups is 1. The van der Waals surface area contributed by atoms with Crippen molar-refractivity contribution in [3.8, 4) is 11.3 Å². The fourth-order valence-corrected chi connectivity index (χ4v) is 4.49. The zero-order chi connectivity index (χ0) is 21.1. The van der Waals surface area contributed by atoms with Crippen molar-refractivity contribution in [3.63, 3.8) is 0 Å². The van der Waals surface area contributed by atoms with Gasteiger partial charge in [-0.25, -0.2) is 0 Å². The van der Waals surface area contributed by atoms with Gasteiger partial charge in [-0.1, -0.05) is 41.9 Å². The van der Waals surface area contributed by atoms with Crippen LogP contribution < -0.4 is 10.6 Å². The maximum Gasteiger partial charge on any atom is 0.160 e. The number of rotatable bonds is 6. The summed E-state index contributed by atoms with van der Waals surface area (Å²) in [5, 5.41) is 5.21. The highest BCUT2D eigenvalue weighted by Gasteiger charge is 2.26. The smallest absolute Gasteiger partial charge is 0.160 e. The van der Waals surface area contributed by atoms with Crippen LogP contribution in [0.2, 0.25) is 5.02 Å². The molecule has 156 valence electrons. The lowest BCUT2D eigenvalue weighted by molar-refractivity contribution is -0.113. The highest BCUT2D eigenvalue weighted by molar-refractivity contribution is 9.10. The maximum absolute atomic E-state index is 12.0. The van der Waals surface area contributed by atoms with Gasteiger partial charge in [0, 0.05) is 42.5 Å². The largest absolute Gasteiger partial charge is 0.381 e. The summed E-state index contributed by atoms with van der Waals surface area (Å²) in [5.41, 5.74) is 9.11. The van der Waals surface area contributed by atoms with Gasteiger partial charge >= 0.3 is 0 Å². The quantitative estimate of drug-likeness (QED) is 0.532. The topological polar surface area (TPSA) is 67.4 Å². The molecule has 1 aromatic heterocycles. The highest BCUT2D eigenvalue weighted by atomic mass is 79.9. The van der Waals surface area contributed by atoms with E-state index in [1.165, 1.54) is 0 Å². The first-order valence-electron chi connectivity index (χ1n) is 9.84. The lowest BCUT2D eigenvalue weighted by Crippen LogP contribution is -2.52. The Morgan fingerprint density at radius 3 is 2.37 bits per heavy atom. The third kappa shape index (κ3) is 4.38. The molecule has 0 bridgehead atoms. The summed E-state index contributed by atoms with van der Waals surface area (Å²) >= 11 is 9.55. The minimum atomic E-state index is -0.272. The van der Waals surface area contributed by atoms with Crippen molar-refractivity contribution in [1.82, 2.24) is 14.7 Å². The van der Waals surface area contributed by atoms with E-state index in [0.717, 1.165) is 58.9 Å². The van der Waals surface area contributed by atoms with E-state index in [0.29, 0.717) is 12.4 Å². The molecule has 3 aromatic rings. The van der Waals surface area contributed by atoms with Gasteiger partial charge in [0.2, 0.25) is 0 Å². The Hall–Kier alpha value is -2.35. The minimum absolute atomic E-state index is 0.272. The number of nitrogen functional groups attached to an aromatic ring is 1. The number of anilines is 2. The Kier molecular flexibility index (Phi) is 6.41. The van der Waals surface area contributed by atoms with Gasteiger partial charge in [0.05, 0.1) is 22.8 Å². The van der Waals surface area contributed by atoms with Gasteiger partial charge in [-0.2, -0.15) is 5.10 Å². The molecule has 2 aromatic carbocycles. The molecule has 0 aliphatic carbocycles. The number of aromatic nitrogens is 2. The molecule has 1 unspecified atom stereocenters. The number of hydrogen-bond acceptors (Lipinski definition) is 5. The van der Waals surface area contributed by atoms with Crippen molar-refractivity contribution < 1.29 is 4.79 Å². The molecule has 1 fully saturated rings. The second-order valence-corrected chi connectivity index (χ2v) is 8.53. The summed E-state index contributed by atoms with van der Waals surface area (Å²) in [6.45, 7) is 3.74. The lowest BCUT2D eigenvalue weighted by atomic mass is 10.1. The van der Waals surface area contributed by atoms with Crippen molar-refractivity contribution in [3.05, 3.63) is 64.1 Å². The second kappa shape index (κ2) is 9.20. The fraction of sp³-hybridized carbons (Fsp3) is 0.273. The maximum atomic E-state index is 12.0. The number of nitrogens with two attached hydrogens (primary N) is 1. The molecule has 1 aliphatic heterocycles. The molecule has 1 saturated heterocycles. The summed E-state index contributed by atoms with van der Waals surface area (Å²) in [5.74, 6) is 0.422. The van der Waals surface area contributed by atoms with E-state index in [2.05, 4.69) is 30.8 Å². The Bertz CT molecular complexity index is 1000. The molecule has 2 heterocycles. The van der Waals surface area contributed by atoms with Gasteiger partial charge in [0.15, 0.2) is 5.82 Å². The number of piperazine rings is 1. The molecule has 0 saturated carbocycles. The molecule has 0 radical (unpaired) electrons. The van der Waals surface area contributed by atoms with Crippen molar-refractivity contribution >= 4 is 45.3 Å². The third-order valence-electron chi connectivity index (χ3n) is 5.46. The Morgan fingerprint density at radius 2 is 1.73 bits per heavy atom. The van der Waals surface area contributed by atoms with E-state index in [1.54, 1.807) is 0 Å². The number of benzene rings is 2. The summed E-state index contributed by atoms with van der Waals surface area (Å²) in [4.78, 5) is 16.5. The van der Waals surface area contributed by atoms with E-state index in [-0.39, 0.29) is 6.04 Å². The van der Waals surface area contributed by atoms with Gasteiger partial charge < -0.3 is 15.4 Å². The van der Waals surface area contributed by atoms with Crippen LogP contribution in [0.15, 0.2) is 59.1 Å². The van der Waals surface area contributed by atoms with Crippen LogP contribution in [0.1, 0.15) is 0 Å². The first-order chi connectivity index (χ1) is 14.6. The van der Waals surface area contributed by atoms with Crippen LogP contribution in [0.5, 0.6) is 0 Å². The summed E-state index contributed by atoms with van der Waals surface area (Å²) < 4.78 is 2.59. The molecule has 6 nitrogen and oxygen atoms in total. The van der Waals surface area contributed by atoms with E-state index in [1.807, 2.05) is 59.3 Å². The van der Waals surface area contributed by atoms with Gasteiger partial charge in [-0.15, -0.1) is 0 Å². The molecule has 4 rings (SSSR count). The first kappa shape index (κ1) is 20.9. The molecular formula is C22H23BrClN5O. The second-order valence-electron chi connectivity index (χ2n) is 7.30. The van der Waals surface area contributed by atoms with Crippen LogP contribution in [0.25, 0.3) is 11.3 Å². The van der Waals surface area contributed by atoms with Crippen LogP contribution in [0, 0.1) is 0 Å². The first-order valence-corrected chi connectivity index (χ1v) is 11.0. The number of halogens is 2. The Morgan fingerprint density at radius 1 is 1.07 bits per heavy atom. The number of carbonyl (C=O) groups excluding carboxylic acids is 1. The number of hydrogen-bond donors (Lipinski definition) is 1. The molecular weight excluding hydrogens is 466 g/mol. The van der Waals surface area contributed by atoms with Crippen LogP contribution in [-0.2, 0) is 11.3 Å². The molecule has 1 atom stereocenters. The minimum Gasteiger partial charge on any atom is -0.381 e. The van der Waals surface area contributed by atoms with E-state index in [9.17, 15) is 4.79 Å². The molecule has 30 heavy (non-hydrogen) atoms. The van der Waals surface area contributed by atoms with E-state index in [4.69, 9.17) is 17.3 Å².